The Bertz CT molecular complexity index is 665. The average molecular weight is 279 g/mol. The first kappa shape index (κ1) is 13.6. The van der Waals surface area contributed by atoms with Crippen LogP contribution in [0.3, 0.4) is 0 Å². The number of nitrogens with one attached hydrogen (secondary N) is 1. The fraction of sp³-hybridized carbons (Fsp3) is 0.0909. The van der Waals surface area contributed by atoms with Gasteiger partial charge in [0, 0.05) is 0 Å². The lowest BCUT2D eigenvalue weighted by Gasteiger charge is -2.09. The number of ether oxygens (including phenoxy) is 1. The third kappa shape index (κ3) is 2.62. The van der Waals surface area contributed by atoms with Gasteiger partial charge in [0.15, 0.2) is 0 Å². The minimum atomic E-state index is -0.719. The molecule has 1 aromatic carbocycles. The summed E-state index contributed by atoms with van der Waals surface area (Å²) in [6.45, 7) is 1.60. The maximum absolute atomic E-state index is 13.0. The van der Waals surface area contributed by atoms with Crippen molar-refractivity contribution < 1.29 is 14.1 Å². The van der Waals surface area contributed by atoms with E-state index in [1.165, 1.54) is 18.2 Å². The van der Waals surface area contributed by atoms with Crippen LogP contribution in [0, 0.1) is 22.9 Å². The predicted molar refractivity (Wildman–Crippen MR) is 67.7 cm³/mol. The van der Waals surface area contributed by atoms with Crippen LogP contribution < -0.4 is 16.0 Å². The van der Waals surface area contributed by atoms with Gasteiger partial charge in [0.2, 0.25) is 5.82 Å². The van der Waals surface area contributed by atoms with Crippen molar-refractivity contribution >= 4 is 11.5 Å². The molecule has 20 heavy (non-hydrogen) atoms. The number of hydrogen-bond donors (Lipinski definition) is 2. The summed E-state index contributed by atoms with van der Waals surface area (Å²) in [6, 6.07) is 3.77. The first-order valence-corrected chi connectivity index (χ1v) is 5.43. The number of nitro groups is 1. The van der Waals surface area contributed by atoms with E-state index in [0.717, 1.165) is 6.33 Å². The molecular formula is C11H10FN5O3. The summed E-state index contributed by atoms with van der Waals surface area (Å²) in [5, 5.41) is 11.0. The lowest BCUT2D eigenvalue weighted by atomic mass is 10.2. The Kier molecular flexibility index (Phi) is 3.71. The largest absolute Gasteiger partial charge is 0.433 e. The molecule has 0 aliphatic rings. The molecule has 0 spiro atoms. The summed E-state index contributed by atoms with van der Waals surface area (Å²) in [5.74, 6) is 4.50. The number of hydrazine groups is 1. The van der Waals surface area contributed by atoms with Crippen LogP contribution in [0.15, 0.2) is 24.5 Å². The summed E-state index contributed by atoms with van der Waals surface area (Å²) < 4.78 is 18.3. The number of halogens is 1. The van der Waals surface area contributed by atoms with E-state index >= 15 is 0 Å². The highest BCUT2D eigenvalue weighted by molar-refractivity contribution is 5.61. The monoisotopic (exact) mass is 279 g/mol. The maximum Gasteiger partial charge on any atom is 0.374 e. The second-order valence-electron chi connectivity index (χ2n) is 3.79. The van der Waals surface area contributed by atoms with Gasteiger partial charge in [0.25, 0.3) is 0 Å². The molecule has 2 rings (SSSR count). The molecule has 8 nitrogen and oxygen atoms in total. The van der Waals surface area contributed by atoms with Gasteiger partial charge in [0.05, 0.1) is 4.92 Å². The molecule has 104 valence electrons. The number of aromatic nitrogens is 2. The van der Waals surface area contributed by atoms with Crippen molar-refractivity contribution in [3.63, 3.8) is 0 Å². The molecule has 0 atom stereocenters. The van der Waals surface area contributed by atoms with Gasteiger partial charge in [-0.3, -0.25) is 10.1 Å². The van der Waals surface area contributed by atoms with E-state index in [1.54, 1.807) is 6.92 Å². The van der Waals surface area contributed by atoms with Crippen LogP contribution in [-0.4, -0.2) is 14.9 Å². The van der Waals surface area contributed by atoms with E-state index in [-0.39, 0.29) is 17.4 Å². The molecule has 0 amide bonds. The van der Waals surface area contributed by atoms with Gasteiger partial charge in [-0.15, -0.1) is 0 Å². The molecule has 0 bridgehead atoms. The van der Waals surface area contributed by atoms with Crippen LogP contribution in [0.4, 0.5) is 15.9 Å². The number of nitrogens with two attached hydrogens (primary N) is 1. The molecule has 3 N–H and O–H groups in total. The summed E-state index contributed by atoms with van der Waals surface area (Å²) in [5.41, 5.74) is 2.07. The first-order chi connectivity index (χ1) is 9.52. The molecule has 0 radical (unpaired) electrons. The van der Waals surface area contributed by atoms with Crippen LogP contribution in [0.5, 0.6) is 11.6 Å². The van der Waals surface area contributed by atoms with Gasteiger partial charge in [-0.25, -0.2) is 15.2 Å². The molecular weight excluding hydrogens is 269 g/mol. The SMILES string of the molecule is Cc1cc(F)ccc1Oc1ncnc(NN)c1[N+](=O)[O-]. The van der Waals surface area contributed by atoms with E-state index in [1.807, 2.05) is 0 Å². The van der Waals surface area contributed by atoms with Gasteiger partial charge in [-0.05, 0) is 30.7 Å². The molecule has 0 saturated heterocycles. The van der Waals surface area contributed by atoms with Crippen LogP contribution in [0.1, 0.15) is 5.56 Å². The molecule has 2 aromatic rings. The van der Waals surface area contributed by atoms with Gasteiger partial charge in [-0.1, -0.05) is 0 Å². The zero-order valence-corrected chi connectivity index (χ0v) is 10.3. The average Bonchev–Trinajstić information content (AvgIpc) is 2.41. The predicted octanol–water partition coefficient (Wildman–Crippen LogP) is 1.91. The van der Waals surface area contributed by atoms with Crippen molar-refractivity contribution in [2.24, 2.45) is 5.84 Å². The Morgan fingerprint density at radius 2 is 2.20 bits per heavy atom. The second kappa shape index (κ2) is 5.45. The number of anilines is 1. The lowest BCUT2D eigenvalue weighted by molar-refractivity contribution is -0.385. The number of hydrogen-bond acceptors (Lipinski definition) is 7. The summed E-state index contributed by atoms with van der Waals surface area (Å²) in [4.78, 5) is 17.6. The van der Waals surface area contributed by atoms with Crippen LogP contribution in [-0.2, 0) is 0 Å². The minimum Gasteiger partial charge on any atom is -0.433 e. The van der Waals surface area contributed by atoms with E-state index in [0.29, 0.717) is 5.56 Å². The molecule has 9 heteroatoms. The highest BCUT2D eigenvalue weighted by atomic mass is 19.1. The topological polar surface area (TPSA) is 116 Å². The van der Waals surface area contributed by atoms with Crippen LogP contribution >= 0.6 is 0 Å². The Morgan fingerprint density at radius 3 is 2.80 bits per heavy atom. The third-order valence-electron chi connectivity index (χ3n) is 2.45. The van der Waals surface area contributed by atoms with E-state index in [9.17, 15) is 14.5 Å². The molecule has 0 aliphatic carbocycles. The zero-order valence-electron chi connectivity index (χ0n) is 10.3. The number of benzene rings is 1. The van der Waals surface area contributed by atoms with Gasteiger partial charge in [0.1, 0.15) is 17.9 Å². The minimum absolute atomic E-state index is 0.181. The Hall–Kier alpha value is -2.81. The molecule has 0 unspecified atom stereocenters. The van der Waals surface area contributed by atoms with E-state index in [4.69, 9.17) is 10.6 Å². The number of nitrogen functional groups attached to an aromatic ring is 1. The highest BCUT2D eigenvalue weighted by Gasteiger charge is 2.24. The number of nitrogens with zero attached hydrogens (tertiary/aromatic N) is 3. The van der Waals surface area contributed by atoms with Crippen molar-refractivity contribution in [2.45, 2.75) is 6.92 Å². The van der Waals surface area contributed by atoms with Crippen molar-refractivity contribution in [3.8, 4) is 11.6 Å². The highest BCUT2D eigenvalue weighted by Crippen LogP contribution is 2.34. The van der Waals surface area contributed by atoms with Gasteiger partial charge in [-0.2, -0.15) is 4.98 Å². The standard InChI is InChI=1S/C11H10FN5O3/c1-6-4-7(12)2-3-8(6)20-11-9(17(18)19)10(16-13)14-5-15-11/h2-5H,13H2,1H3,(H,14,15,16). The Labute approximate surface area is 112 Å². The first-order valence-electron chi connectivity index (χ1n) is 5.43. The Balaban J connectivity index is 2.45. The van der Waals surface area contributed by atoms with Crippen molar-refractivity contribution in [3.05, 3.63) is 46.0 Å². The number of rotatable bonds is 4. The summed E-state index contributed by atoms with van der Waals surface area (Å²) in [6.07, 6.45) is 1.07. The fourth-order valence-corrected chi connectivity index (χ4v) is 1.54. The summed E-state index contributed by atoms with van der Waals surface area (Å²) in [7, 11) is 0. The van der Waals surface area contributed by atoms with Crippen LogP contribution in [0.2, 0.25) is 0 Å². The Morgan fingerprint density at radius 1 is 1.45 bits per heavy atom. The fourth-order valence-electron chi connectivity index (χ4n) is 1.54. The molecule has 1 aromatic heterocycles. The second-order valence-corrected chi connectivity index (χ2v) is 3.79. The van der Waals surface area contributed by atoms with Gasteiger partial charge < -0.3 is 10.2 Å². The molecule has 1 heterocycles. The number of aryl methyl sites for hydroxylation is 1. The third-order valence-corrected chi connectivity index (χ3v) is 2.45. The summed E-state index contributed by atoms with van der Waals surface area (Å²) >= 11 is 0. The van der Waals surface area contributed by atoms with Crippen molar-refractivity contribution in [1.29, 1.82) is 0 Å². The lowest BCUT2D eigenvalue weighted by Crippen LogP contribution is -2.12. The quantitative estimate of drug-likeness (QED) is 0.498. The molecule has 0 saturated carbocycles. The maximum atomic E-state index is 13.0. The molecule has 0 fully saturated rings. The van der Waals surface area contributed by atoms with E-state index < -0.39 is 16.4 Å². The van der Waals surface area contributed by atoms with Crippen molar-refractivity contribution in [2.75, 3.05) is 5.43 Å². The zero-order chi connectivity index (χ0) is 14.7. The molecule has 0 aliphatic heterocycles. The van der Waals surface area contributed by atoms with Crippen LogP contribution in [0.25, 0.3) is 0 Å². The van der Waals surface area contributed by atoms with Gasteiger partial charge >= 0.3 is 11.6 Å². The van der Waals surface area contributed by atoms with Crippen molar-refractivity contribution in [1.82, 2.24) is 9.97 Å². The normalized spacial score (nSPS) is 10.2. The van der Waals surface area contributed by atoms with E-state index in [2.05, 4.69) is 15.4 Å². The smallest absolute Gasteiger partial charge is 0.374 e.